The molecule has 1 aromatic carbocycles. The SMILES string of the molecule is Cc1cc(OC[C@H](O)CNC(=O)NCCn2ccnc2)ccc1Cl. The molecule has 0 fully saturated rings. The van der Waals surface area contributed by atoms with Gasteiger partial charge in [-0.05, 0) is 30.7 Å². The summed E-state index contributed by atoms with van der Waals surface area (Å²) >= 11 is 5.94. The lowest BCUT2D eigenvalue weighted by molar-refractivity contribution is 0.108. The zero-order valence-corrected chi connectivity index (χ0v) is 14.2. The van der Waals surface area contributed by atoms with E-state index in [1.54, 1.807) is 30.7 Å². The lowest BCUT2D eigenvalue weighted by Crippen LogP contribution is -2.42. The molecule has 1 atom stereocenters. The molecule has 130 valence electrons. The summed E-state index contributed by atoms with van der Waals surface area (Å²) in [6.07, 6.45) is 4.37. The van der Waals surface area contributed by atoms with Gasteiger partial charge in [0.1, 0.15) is 18.5 Å². The molecule has 0 unspecified atom stereocenters. The number of amides is 2. The highest BCUT2D eigenvalue weighted by Gasteiger charge is 2.08. The van der Waals surface area contributed by atoms with Gasteiger partial charge in [0.2, 0.25) is 0 Å². The molecule has 2 rings (SSSR count). The Bertz CT molecular complexity index is 649. The second kappa shape index (κ2) is 9.14. The molecule has 0 aliphatic rings. The molecule has 8 heteroatoms. The molecule has 2 amide bonds. The summed E-state index contributed by atoms with van der Waals surface area (Å²) in [6, 6.07) is 4.94. The molecule has 0 aliphatic carbocycles. The van der Waals surface area contributed by atoms with Crippen molar-refractivity contribution in [3.05, 3.63) is 47.5 Å². The molecule has 0 bridgehead atoms. The highest BCUT2D eigenvalue weighted by atomic mass is 35.5. The first-order valence-electron chi connectivity index (χ1n) is 7.59. The summed E-state index contributed by atoms with van der Waals surface area (Å²) in [7, 11) is 0. The normalized spacial score (nSPS) is 11.8. The summed E-state index contributed by atoms with van der Waals surface area (Å²) in [5, 5.41) is 15.8. The van der Waals surface area contributed by atoms with Crippen LogP contribution in [0.25, 0.3) is 0 Å². The second-order valence-electron chi connectivity index (χ2n) is 5.31. The van der Waals surface area contributed by atoms with Gasteiger partial charge in [0, 0.05) is 37.1 Å². The number of carbonyl (C=O) groups excluding carboxylic acids is 1. The molecule has 7 nitrogen and oxygen atoms in total. The maximum Gasteiger partial charge on any atom is 0.314 e. The van der Waals surface area contributed by atoms with E-state index in [1.165, 1.54) is 0 Å². The third-order valence-electron chi connectivity index (χ3n) is 3.28. The Morgan fingerprint density at radius 3 is 3.00 bits per heavy atom. The number of nitrogens with one attached hydrogen (secondary N) is 2. The monoisotopic (exact) mass is 352 g/mol. The minimum atomic E-state index is -0.805. The fraction of sp³-hybridized carbons (Fsp3) is 0.375. The molecular formula is C16H21ClN4O3. The maximum atomic E-state index is 11.6. The average molecular weight is 353 g/mol. The Labute approximate surface area is 145 Å². The number of rotatable bonds is 8. The quantitative estimate of drug-likeness (QED) is 0.673. The molecule has 1 aromatic heterocycles. The maximum absolute atomic E-state index is 11.6. The van der Waals surface area contributed by atoms with Crippen molar-refractivity contribution in [2.75, 3.05) is 19.7 Å². The van der Waals surface area contributed by atoms with Crippen LogP contribution in [0.4, 0.5) is 4.79 Å². The number of aromatic nitrogens is 2. The van der Waals surface area contributed by atoms with Crippen LogP contribution in [0.1, 0.15) is 5.56 Å². The van der Waals surface area contributed by atoms with E-state index in [0.717, 1.165) is 5.56 Å². The first kappa shape index (κ1) is 18.1. The molecule has 3 N–H and O–H groups in total. The van der Waals surface area contributed by atoms with Crippen LogP contribution in [0.3, 0.4) is 0 Å². The number of benzene rings is 1. The lowest BCUT2D eigenvalue weighted by Gasteiger charge is -2.14. The van der Waals surface area contributed by atoms with Crippen molar-refractivity contribution in [3.8, 4) is 5.75 Å². The number of carbonyl (C=O) groups is 1. The van der Waals surface area contributed by atoms with Gasteiger partial charge in [0.15, 0.2) is 0 Å². The fourth-order valence-electron chi connectivity index (χ4n) is 1.95. The fourth-order valence-corrected chi connectivity index (χ4v) is 2.07. The lowest BCUT2D eigenvalue weighted by atomic mass is 10.2. The summed E-state index contributed by atoms with van der Waals surface area (Å²) in [6.45, 7) is 3.16. The largest absolute Gasteiger partial charge is 0.491 e. The van der Waals surface area contributed by atoms with E-state index in [4.69, 9.17) is 16.3 Å². The van der Waals surface area contributed by atoms with Crippen LogP contribution < -0.4 is 15.4 Å². The van der Waals surface area contributed by atoms with E-state index < -0.39 is 6.10 Å². The van der Waals surface area contributed by atoms with Crippen LogP contribution in [-0.2, 0) is 6.54 Å². The van der Waals surface area contributed by atoms with Gasteiger partial charge in [-0.15, -0.1) is 0 Å². The number of nitrogens with zero attached hydrogens (tertiary/aromatic N) is 2. The van der Waals surface area contributed by atoms with E-state index in [2.05, 4.69) is 15.6 Å². The van der Waals surface area contributed by atoms with Gasteiger partial charge in [-0.25, -0.2) is 9.78 Å². The number of aliphatic hydroxyl groups is 1. The predicted octanol–water partition coefficient (Wildman–Crippen LogP) is 1.58. The predicted molar refractivity (Wildman–Crippen MR) is 91.3 cm³/mol. The third-order valence-corrected chi connectivity index (χ3v) is 3.71. The van der Waals surface area contributed by atoms with E-state index in [-0.39, 0.29) is 19.2 Å². The van der Waals surface area contributed by atoms with Gasteiger partial charge in [0.25, 0.3) is 0 Å². The summed E-state index contributed by atoms with van der Waals surface area (Å²) in [5.74, 6) is 0.626. The number of hydrogen-bond donors (Lipinski definition) is 3. The van der Waals surface area contributed by atoms with Gasteiger partial charge >= 0.3 is 6.03 Å². The Morgan fingerprint density at radius 1 is 1.46 bits per heavy atom. The van der Waals surface area contributed by atoms with Crippen LogP contribution in [0.5, 0.6) is 5.75 Å². The Morgan fingerprint density at radius 2 is 2.29 bits per heavy atom. The first-order chi connectivity index (χ1) is 11.5. The van der Waals surface area contributed by atoms with Gasteiger partial charge in [-0.1, -0.05) is 11.6 Å². The molecule has 1 heterocycles. The molecule has 2 aromatic rings. The zero-order valence-electron chi connectivity index (χ0n) is 13.4. The Balaban J connectivity index is 1.60. The standard InChI is InChI=1S/C16H21ClN4O3/c1-12-8-14(2-3-15(12)17)24-10-13(22)9-20-16(23)19-5-7-21-6-4-18-11-21/h2-4,6,8,11,13,22H,5,7,9-10H2,1H3,(H2,19,20,23)/t13-/m1/s1. The number of aliphatic hydroxyl groups excluding tert-OH is 1. The van der Waals surface area contributed by atoms with Crippen molar-refractivity contribution in [1.29, 1.82) is 0 Å². The van der Waals surface area contributed by atoms with Crippen LogP contribution in [-0.4, -0.2) is 46.5 Å². The molecular weight excluding hydrogens is 332 g/mol. The first-order valence-corrected chi connectivity index (χ1v) is 7.97. The van der Waals surface area contributed by atoms with Crippen molar-refractivity contribution < 1.29 is 14.6 Å². The van der Waals surface area contributed by atoms with E-state index in [9.17, 15) is 9.90 Å². The van der Waals surface area contributed by atoms with Crippen LogP contribution in [0, 0.1) is 6.92 Å². The molecule has 0 spiro atoms. The molecule has 0 saturated carbocycles. The van der Waals surface area contributed by atoms with Gasteiger partial charge in [-0.3, -0.25) is 0 Å². The molecule has 0 radical (unpaired) electrons. The highest BCUT2D eigenvalue weighted by molar-refractivity contribution is 6.31. The van der Waals surface area contributed by atoms with Crippen LogP contribution in [0.2, 0.25) is 5.02 Å². The van der Waals surface area contributed by atoms with Crippen molar-refractivity contribution in [2.24, 2.45) is 0 Å². The summed E-state index contributed by atoms with van der Waals surface area (Å²) < 4.78 is 7.33. The van der Waals surface area contributed by atoms with E-state index in [1.807, 2.05) is 17.7 Å². The minimum absolute atomic E-state index is 0.0798. The molecule has 0 saturated heterocycles. The highest BCUT2D eigenvalue weighted by Crippen LogP contribution is 2.20. The number of urea groups is 1. The van der Waals surface area contributed by atoms with Crippen LogP contribution >= 0.6 is 11.6 Å². The molecule has 24 heavy (non-hydrogen) atoms. The smallest absolute Gasteiger partial charge is 0.314 e. The van der Waals surface area contributed by atoms with Gasteiger partial charge < -0.3 is 25.0 Å². The van der Waals surface area contributed by atoms with Crippen molar-refractivity contribution in [3.63, 3.8) is 0 Å². The number of halogens is 1. The van der Waals surface area contributed by atoms with E-state index in [0.29, 0.717) is 23.9 Å². The third kappa shape index (κ3) is 6.10. The minimum Gasteiger partial charge on any atom is -0.491 e. The summed E-state index contributed by atoms with van der Waals surface area (Å²) in [5.41, 5.74) is 0.902. The Hall–Kier alpha value is -2.25. The number of ether oxygens (including phenoxy) is 1. The molecule has 0 aliphatic heterocycles. The number of hydrogen-bond acceptors (Lipinski definition) is 4. The summed E-state index contributed by atoms with van der Waals surface area (Å²) in [4.78, 5) is 15.5. The average Bonchev–Trinajstić information content (AvgIpc) is 3.07. The van der Waals surface area contributed by atoms with Crippen molar-refractivity contribution >= 4 is 17.6 Å². The number of imidazole rings is 1. The zero-order chi connectivity index (χ0) is 17.4. The van der Waals surface area contributed by atoms with Crippen molar-refractivity contribution in [2.45, 2.75) is 19.6 Å². The van der Waals surface area contributed by atoms with Gasteiger partial charge in [0.05, 0.1) is 6.33 Å². The van der Waals surface area contributed by atoms with Crippen LogP contribution in [0.15, 0.2) is 36.9 Å². The second-order valence-corrected chi connectivity index (χ2v) is 5.72. The van der Waals surface area contributed by atoms with E-state index >= 15 is 0 Å². The Kier molecular flexibility index (Phi) is 6.89. The topological polar surface area (TPSA) is 88.4 Å². The number of aryl methyl sites for hydroxylation is 1. The van der Waals surface area contributed by atoms with Crippen molar-refractivity contribution in [1.82, 2.24) is 20.2 Å². The van der Waals surface area contributed by atoms with Gasteiger partial charge in [-0.2, -0.15) is 0 Å².